The molecular weight excluding hydrogens is 228 g/mol. The third kappa shape index (κ3) is 9.97. The van der Waals surface area contributed by atoms with E-state index in [-0.39, 0.29) is 18.2 Å². The van der Waals surface area contributed by atoms with E-state index in [9.17, 15) is 9.59 Å². The smallest absolute Gasteiger partial charge is 0.305 e. The molecule has 0 rings (SSSR count). The lowest BCUT2D eigenvalue weighted by molar-refractivity contribution is -0.141. The summed E-state index contributed by atoms with van der Waals surface area (Å²) in [5, 5.41) is 0. The maximum atomic E-state index is 11.3. The first-order valence-corrected chi connectivity index (χ1v) is 6.38. The number of alkyl halides is 1. The van der Waals surface area contributed by atoms with Crippen molar-refractivity contribution in [3.63, 3.8) is 0 Å². The van der Waals surface area contributed by atoms with E-state index in [0.29, 0.717) is 12.8 Å². The van der Waals surface area contributed by atoms with Gasteiger partial charge in [0.25, 0.3) is 0 Å². The summed E-state index contributed by atoms with van der Waals surface area (Å²) < 4.78 is 4.47. The molecule has 0 bridgehead atoms. The van der Waals surface area contributed by atoms with Crippen LogP contribution in [0.1, 0.15) is 51.4 Å². The van der Waals surface area contributed by atoms with E-state index in [4.69, 9.17) is 11.6 Å². The van der Waals surface area contributed by atoms with Gasteiger partial charge in [0.05, 0.1) is 13.5 Å². The molecule has 0 heterocycles. The van der Waals surface area contributed by atoms with Crippen LogP contribution in [0.5, 0.6) is 0 Å². The highest BCUT2D eigenvalue weighted by atomic mass is 35.5. The largest absolute Gasteiger partial charge is 0.469 e. The van der Waals surface area contributed by atoms with Crippen molar-refractivity contribution in [3.05, 3.63) is 0 Å². The Balaban J connectivity index is 3.27. The van der Waals surface area contributed by atoms with Gasteiger partial charge in [-0.25, -0.2) is 0 Å². The Bertz CT molecular complexity index is 204. The Kier molecular flexibility index (Phi) is 10.5. The highest BCUT2D eigenvalue weighted by molar-refractivity contribution is 6.17. The number of methoxy groups -OCH3 is 1. The maximum absolute atomic E-state index is 11.3. The first kappa shape index (κ1) is 15.4. The molecule has 0 atom stereocenters. The average Bonchev–Trinajstić information content (AvgIpc) is 2.30. The summed E-state index contributed by atoms with van der Waals surface area (Å²) in [5.74, 6) is 0.566. The Morgan fingerprint density at radius 1 is 0.938 bits per heavy atom. The van der Waals surface area contributed by atoms with Crippen LogP contribution in [0.25, 0.3) is 0 Å². The molecule has 0 N–H and O–H groups in total. The molecule has 0 unspecified atom stereocenters. The zero-order valence-electron chi connectivity index (χ0n) is 9.97. The second-order valence-corrected chi connectivity index (χ2v) is 4.20. The van der Waals surface area contributed by atoms with E-state index < -0.39 is 0 Å². The Morgan fingerprint density at radius 2 is 1.56 bits per heavy atom. The van der Waals surface area contributed by atoms with Gasteiger partial charge in [-0.3, -0.25) is 9.59 Å². The monoisotopic (exact) mass is 248 g/mol. The summed E-state index contributed by atoms with van der Waals surface area (Å²) in [6.45, 7) is 0. The van der Waals surface area contributed by atoms with Gasteiger partial charge < -0.3 is 4.74 Å². The zero-order chi connectivity index (χ0) is 12.2. The molecule has 0 aromatic rings. The van der Waals surface area contributed by atoms with Crippen LogP contribution < -0.4 is 0 Å². The van der Waals surface area contributed by atoms with Crippen LogP contribution in [0.2, 0.25) is 0 Å². The third-order valence-electron chi connectivity index (χ3n) is 2.42. The van der Waals surface area contributed by atoms with E-state index in [1.54, 1.807) is 0 Å². The number of rotatable bonds is 10. The highest BCUT2D eigenvalue weighted by Crippen LogP contribution is 2.08. The van der Waals surface area contributed by atoms with Gasteiger partial charge >= 0.3 is 5.97 Å². The van der Waals surface area contributed by atoms with Gasteiger partial charge in [0.1, 0.15) is 5.78 Å². The third-order valence-corrected chi connectivity index (χ3v) is 2.69. The van der Waals surface area contributed by atoms with Gasteiger partial charge in [-0.2, -0.15) is 0 Å². The van der Waals surface area contributed by atoms with Crippen LogP contribution in [0.15, 0.2) is 0 Å². The number of ether oxygens (including phenoxy) is 1. The van der Waals surface area contributed by atoms with Gasteiger partial charge in [0.2, 0.25) is 0 Å². The fraction of sp³-hybridized carbons (Fsp3) is 0.833. The van der Waals surface area contributed by atoms with Crippen LogP contribution in [0.3, 0.4) is 0 Å². The molecule has 0 amide bonds. The molecule has 0 aliphatic rings. The van der Waals surface area contributed by atoms with Crippen LogP contribution in [-0.2, 0) is 14.3 Å². The van der Waals surface area contributed by atoms with E-state index >= 15 is 0 Å². The molecule has 0 aromatic carbocycles. The van der Waals surface area contributed by atoms with Crippen molar-refractivity contribution >= 4 is 23.4 Å². The summed E-state index contributed by atoms with van der Waals surface area (Å²) in [4.78, 5) is 22.1. The van der Waals surface area contributed by atoms with Crippen molar-refractivity contribution in [2.75, 3.05) is 13.0 Å². The topological polar surface area (TPSA) is 43.4 Å². The summed E-state index contributed by atoms with van der Waals surface area (Å²) in [5.41, 5.74) is 0. The first-order chi connectivity index (χ1) is 7.70. The van der Waals surface area contributed by atoms with Gasteiger partial charge in [0, 0.05) is 18.7 Å². The number of halogens is 1. The summed E-state index contributed by atoms with van der Waals surface area (Å²) in [7, 11) is 1.34. The highest BCUT2D eigenvalue weighted by Gasteiger charge is 2.06. The predicted molar refractivity (Wildman–Crippen MR) is 64.7 cm³/mol. The summed E-state index contributed by atoms with van der Waals surface area (Å²) >= 11 is 5.55. The molecule has 0 saturated heterocycles. The molecule has 0 aliphatic heterocycles. The Morgan fingerprint density at radius 3 is 2.19 bits per heavy atom. The summed E-state index contributed by atoms with van der Waals surface area (Å²) in [6, 6.07) is 0. The SMILES string of the molecule is COC(=O)CCC(=O)CCCCCCCCl. The van der Waals surface area contributed by atoms with Crippen LogP contribution in [0, 0.1) is 0 Å². The standard InChI is InChI=1S/C12H21ClO3/c1-16-12(15)9-8-11(14)7-5-3-2-4-6-10-13/h2-10H2,1H3. The fourth-order valence-corrected chi connectivity index (χ4v) is 1.60. The molecule has 3 nitrogen and oxygen atoms in total. The van der Waals surface area contributed by atoms with E-state index in [2.05, 4.69) is 4.74 Å². The molecule has 94 valence electrons. The van der Waals surface area contributed by atoms with Crippen molar-refractivity contribution in [1.29, 1.82) is 0 Å². The second-order valence-electron chi connectivity index (χ2n) is 3.82. The normalized spacial score (nSPS) is 10.1. The maximum Gasteiger partial charge on any atom is 0.305 e. The number of carbonyl (C=O) groups is 2. The molecular formula is C12H21ClO3. The molecule has 0 saturated carbocycles. The molecule has 0 spiro atoms. The lowest BCUT2D eigenvalue weighted by Gasteiger charge is -2.01. The number of esters is 1. The summed E-state index contributed by atoms with van der Waals surface area (Å²) in [6.07, 6.45) is 6.42. The average molecular weight is 249 g/mol. The molecule has 0 radical (unpaired) electrons. The first-order valence-electron chi connectivity index (χ1n) is 5.85. The van der Waals surface area contributed by atoms with E-state index in [1.165, 1.54) is 7.11 Å². The van der Waals surface area contributed by atoms with Crippen molar-refractivity contribution in [2.45, 2.75) is 51.4 Å². The number of hydrogen-bond donors (Lipinski definition) is 0. The lowest BCUT2D eigenvalue weighted by Crippen LogP contribution is -2.05. The second kappa shape index (κ2) is 10.9. The molecule has 0 fully saturated rings. The minimum atomic E-state index is -0.310. The fourth-order valence-electron chi connectivity index (χ4n) is 1.42. The minimum absolute atomic E-state index is 0.155. The van der Waals surface area contributed by atoms with Gasteiger partial charge in [-0.15, -0.1) is 11.6 Å². The van der Waals surface area contributed by atoms with Crippen LogP contribution in [0.4, 0.5) is 0 Å². The van der Waals surface area contributed by atoms with Crippen molar-refractivity contribution in [2.24, 2.45) is 0 Å². The lowest BCUT2D eigenvalue weighted by atomic mass is 10.1. The Hall–Kier alpha value is -0.570. The molecule has 0 aliphatic carbocycles. The van der Waals surface area contributed by atoms with Gasteiger partial charge in [0.15, 0.2) is 0 Å². The number of unbranched alkanes of at least 4 members (excludes halogenated alkanes) is 4. The van der Waals surface area contributed by atoms with Crippen molar-refractivity contribution in [3.8, 4) is 0 Å². The van der Waals surface area contributed by atoms with Crippen molar-refractivity contribution < 1.29 is 14.3 Å². The number of Topliss-reactive ketones (excluding diaryl/α,β-unsaturated/α-hetero) is 1. The molecule has 0 aromatic heterocycles. The molecule has 16 heavy (non-hydrogen) atoms. The predicted octanol–water partition coefficient (Wildman–Crippen LogP) is 3.09. The van der Waals surface area contributed by atoms with Crippen LogP contribution >= 0.6 is 11.6 Å². The zero-order valence-corrected chi connectivity index (χ0v) is 10.7. The van der Waals surface area contributed by atoms with Gasteiger partial charge in [-0.05, 0) is 12.8 Å². The number of hydrogen-bond acceptors (Lipinski definition) is 3. The minimum Gasteiger partial charge on any atom is -0.469 e. The van der Waals surface area contributed by atoms with E-state index in [0.717, 1.165) is 38.0 Å². The quantitative estimate of drug-likeness (QED) is 0.339. The number of carbonyl (C=O) groups excluding carboxylic acids is 2. The van der Waals surface area contributed by atoms with Crippen molar-refractivity contribution in [1.82, 2.24) is 0 Å². The Labute approximate surface area is 102 Å². The molecule has 4 heteroatoms. The van der Waals surface area contributed by atoms with Gasteiger partial charge in [-0.1, -0.05) is 19.3 Å². The number of ketones is 1. The van der Waals surface area contributed by atoms with Crippen LogP contribution in [-0.4, -0.2) is 24.7 Å². The van der Waals surface area contributed by atoms with E-state index in [1.807, 2.05) is 0 Å².